The first kappa shape index (κ1) is 20.3. The second kappa shape index (κ2) is 9.20. The summed E-state index contributed by atoms with van der Waals surface area (Å²) < 4.78 is 10.8. The van der Waals surface area contributed by atoms with E-state index in [9.17, 15) is 9.59 Å². The van der Waals surface area contributed by atoms with E-state index in [1.807, 2.05) is 24.4 Å². The van der Waals surface area contributed by atoms with E-state index >= 15 is 0 Å². The highest BCUT2D eigenvalue weighted by Gasteiger charge is 2.10. The molecule has 0 spiro atoms. The fraction of sp³-hybridized carbons (Fsp3) is 0.190. The van der Waals surface area contributed by atoms with Crippen molar-refractivity contribution in [2.24, 2.45) is 0 Å². The minimum Gasteiger partial charge on any atom is -0.495 e. The number of carbonyl (C=O) groups excluding carboxylic acids is 2. The number of nitrogens with one attached hydrogen (secondary N) is 2. The summed E-state index contributed by atoms with van der Waals surface area (Å²) in [7, 11) is 1.51. The first-order chi connectivity index (χ1) is 13.9. The monoisotopic (exact) mass is 411 g/mol. The van der Waals surface area contributed by atoms with Crippen LogP contribution < -0.4 is 20.1 Å². The molecule has 2 amide bonds. The van der Waals surface area contributed by atoms with E-state index in [2.05, 4.69) is 15.6 Å². The number of hydrogen-bond acceptors (Lipinski definition) is 6. The maximum atomic E-state index is 12.3. The van der Waals surface area contributed by atoms with Crippen LogP contribution >= 0.6 is 11.3 Å². The Bertz CT molecular complexity index is 1020. The van der Waals surface area contributed by atoms with E-state index in [0.717, 1.165) is 16.3 Å². The van der Waals surface area contributed by atoms with Crippen molar-refractivity contribution < 1.29 is 19.1 Å². The summed E-state index contributed by atoms with van der Waals surface area (Å²) >= 11 is 1.58. The number of thiazole rings is 1. The molecule has 0 aliphatic heterocycles. The topological polar surface area (TPSA) is 89.6 Å². The summed E-state index contributed by atoms with van der Waals surface area (Å²) in [6, 6.07) is 12.4. The van der Waals surface area contributed by atoms with Crippen LogP contribution in [0.25, 0.3) is 10.6 Å². The Labute approximate surface area is 172 Å². The Hall–Kier alpha value is -3.39. The molecule has 0 saturated carbocycles. The standard InChI is InChI=1S/C21H21N3O4S/c1-13-12-29-21(22-13)15-4-7-17(8-5-15)28-11-20(26)24-18-10-16(23-14(2)25)6-9-19(18)27-3/h4-10,12H,11H2,1-3H3,(H,23,25)(H,24,26). The summed E-state index contributed by atoms with van der Waals surface area (Å²) in [5.74, 6) is 0.515. The van der Waals surface area contributed by atoms with Crippen molar-refractivity contribution in [2.75, 3.05) is 24.4 Å². The predicted molar refractivity (Wildman–Crippen MR) is 114 cm³/mol. The number of carbonyl (C=O) groups is 2. The molecule has 7 nitrogen and oxygen atoms in total. The molecule has 0 atom stereocenters. The molecule has 1 heterocycles. The van der Waals surface area contributed by atoms with Crippen molar-refractivity contribution in [3.8, 4) is 22.1 Å². The zero-order valence-corrected chi connectivity index (χ0v) is 17.1. The minimum atomic E-state index is -0.345. The molecule has 2 aromatic carbocycles. The van der Waals surface area contributed by atoms with Crippen molar-refractivity contribution in [3.05, 3.63) is 53.5 Å². The first-order valence-electron chi connectivity index (χ1n) is 8.85. The molecule has 1 aromatic heterocycles. The van der Waals surface area contributed by atoms with Gasteiger partial charge >= 0.3 is 0 Å². The number of amides is 2. The second-order valence-electron chi connectivity index (χ2n) is 6.25. The molecular weight excluding hydrogens is 390 g/mol. The van der Waals surface area contributed by atoms with Gasteiger partial charge in [-0.3, -0.25) is 9.59 Å². The fourth-order valence-corrected chi connectivity index (χ4v) is 3.41. The van der Waals surface area contributed by atoms with Gasteiger partial charge in [-0.1, -0.05) is 0 Å². The third-order valence-corrected chi connectivity index (χ3v) is 4.89. The predicted octanol–water partition coefficient (Wildman–Crippen LogP) is 4.10. The van der Waals surface area contributed by atoms with Crippen LogP contribution in [0.4, 0.5) is 11.4 Å². The molecule has 0 unspecified atom stereocenters. The van der Waals surface area contributed by atoms with E-state index in [1.165, 1.54) is 14.0 Å². The third kappa shape index (κ3) is 5.55. The summed E-state index contributed by atoms with van der Waals surface area (Å²) in [6.45, 7) is 3.21. The molecule has 0 bridgehead atoms. The Morgan fingerprint density at radius 2 is 1.86 bits per heavy atom. The number of benzene rings is 2. The maximum absolute atomic E-state index is 12.3. The average Bonchev–Trinajstić information content (AvgIpc) is 3.13. The Balaban J connectivity index is 1.60. The zero-order valence-electron chi connectivity index (χ0n) is 16.3. The molecule has 0 fully saturated rings. The number of rotatable bonds is 7. The molecule has 8 heteroatoms. The molecule has 2 N–H and O–H groups in total. The summed E-state index contributed by atoms with van der Waals surface area (Å²) in [6.07, 6.45) is 0. The Kier molecular flexibility index (Phi) is 6.46. The van der Waals surface area contributed by atoms with Gasteiger partial charge in [0, 0.05) is 29.2 Å². The Morgan fingerprint density at radius 3 is 2.48 bits per heavy atom. The van der Waals surface area contributed by atoms with Gasteiger partial charge < -0.3 is 20.1 Å². The maximum Gasteiger partial charge on any atom is 0.262 e. The molecule has 0 saturated heterocycles. The number of methoxy groups -OCH3 is 1. The molecule has 0 radical (unpaired) electrons. The molecule has 0 aliphatic carbocycles. The van der Waals surface area contributed by atoms with Gasteiger partial charge in [0.1, 0.15) is 16.5 Å². The van der Waals surface area contributed by atoms with E-state index in [-0.39, 0.29) is 18.4 Å². The highest BCUT2D eigenvalue weighted by atomic mass is 32.1. The van der Waals surface area contributed by atoms with Crippen LogP contribution in [0, 0.1) is 6.92 Å². The molecule has 29 heavy (non-hydrogen) atoms. The Morgan fingerprint density at radius 1 is 1.10 bits per heavy atom. The third-order valence-electron chi connectivity index (χ3n) is 3.88. The van der Waals surface area contributed by atoms with Crippen LogP contribution in [0.3, 0.4) is 0 Å². The van der Waals surface area contributed by atoms with E-state index < -0.39 is 0 Å². The van der Waals surface area contributed by atoms with Crippen molar-refractivity contribution in [1.82, 2.24) is 4.98 Å². The molecule has 3 aromatic rings. The van der Waals surface area contributed by atoms with Gasteiger partial charge in [-0.25, -0.2) is 4.98 Å². The number of ether oxygens (including phenoxy) is 2. The van der Waals surface area contributed by atoms with Crippen molar-refractivity contribution >= 4 is 34.5 Å². The largest absolute Gasteiger partial charge is 0.495 e. The molecule has 0 aliphatic rings. The molecular formula is C21H21N3O4S. The van der Waals surface area contributed by atoms with Gasteiger partial charge in [0.25, 0.3) is 5.91 Å². The molecule has 150 valence electrons. The van der Waals surface area contributed by atoms with Gasteiger partial charge in [-0.15, -0.1) is 11.3 Å². The van der Waals surface area contributed by atoms with E-state index in [1.54, 1.807) is 41.7 Å². The van der Waals surface area contributed by atoms with Crippen LogP contribution in [0.5, 0.6) is 11.5 Å². The van der Waals surface area contributed by atoms with Crippen LogP contribution in [0.2, 0.25) is 0 Å². The quantitative estimate of drug-likeness (QED) is 0.611. The fourth-order valence-electron chi connectivity index (χ4n) is 2.60. The number of anilines is 2. The minimum absolute atomic E-state index is 0.163. The summed E-state index contributed by atoms with van der Waals surface area (Å²) in [5, 5.41) is 8.35. The lowest BCUT2D eigenvalue weighted by molar-refractivity contribution is -0.118. The highest BCUT2D eigenvalue weighted by Crippen LogP contribution is 2.28. The van der Waals surface area contributed by atoms with Crippen LogP contribution in [0.15, 0.2) is 47.8 Å². The zero-order chi connectivity index (χ0) is 20.8. The van der Waals surface area contributed by atoms with Crippen LogP contribution in [-0.4, -0.2) is 30.5 Å². The lowest BCUT2D eigenvalue weighted by Gasteiger charge is -2.13. The first-order valence-corrected chi connectivity index (χ1v) is 9.73. The second-order valence-corrected chi connectivity index (χ2v) is 7.11. The van der Waals surface area contributed by atoms with Crippen LogP contribution in [-0.2, 0) is 9.59 Å². The molecule has 3 rings (SSSR count). The van der Waals surface area contributed by atoms with E-state index in [4.69, 9.17) is 9.47 Å². The SMILES string of the molecule is COc1ccc(NC(C)=O)cc1NC(=O)COc1ccc(-c2nc(C)cs2)cc1. The number of aromatic nitrogens is 1. The summed E-state index contributed by atoms with van der Waals surface area (Å²) in [4.78, 5) is 28.0. The smallest absolute Gasteiger partial charge is 0.262 e. The lowest BCUT2D eigenvalue weighted by Crippen LogP contribution is -2.20. The van der Waals surface area contributed by atoms with Crippen molar-refractivity contribution in [1.29, 1.82) is 0 Å². The average molecular weight is 411 g/mol. The van der Waals surface area contributed by atoms with Gasteiger partial charge in [-0.05, 0) is 49.4 Å². The number of nitrogens with zero attached hydrogens (tertiary/aromatic N) is 1. The van der Waals surface area contributed by atoms with Crippen molar-refractivity contribution in [3.63, 3.8) is 0 Å². The van der Waals surface area contributed by atoms with Gasteiger partial charge in [-0.2, -0.15) is 0 Å². The number of aryl methyl sites for hydroxylation is 1. The van der Waals surface area contributed by atoms with E-state index in [0.29, 0.717) is 22.9 Å². The summed E-state index contributed by atoms with van der Waals surface area (Å²) in [5.41, 5.74) is 2.99. The van der Waals surface area contributed by atoms with Crippen LogP contribution in [0.1, 0.15) is 12.6 Å². The highest BCUT2D eigenvalue weighted by molar-refractivity contribution is 7.13. The van der Waals surface area contributed by atoms with Gasteiger partial charge in [0.15, 0.2) is 6.61 Å². The normalized spacial score (nSPS) is 10.3. The van der Waals surface area contributed by atoms with Gasteiger partial charge in [0.05, 0.1) is 12.8 Å². The van der Waals surface area contributed by atoms with Gasteiger partial charge in [0.2, 0.25) is 5.91 Å². The lowest BCUT2D eigenvalue weighted by atomic mass is 10.2. The number of hydrogen-bond donors (Lipinski definition) is 2. The van der Waals surface area contributed by atoms with Crippen molar-refractivity contribution in [2.45, 2.75) is 13.8 Å².